The van der Waals surface area contributed by atoms with E-state index in [4.69, 9.17) is 9.47 Å². The number of carbonyl (C=O) groups excluding carboxylic acids is 3. The highest BCUT2D eigenvalue weighted by atomic mass is 16.5. The molecule has 1 fully saturated rings. The standard InChI is InChI=1S/C26H32N2O5/c1-4-32-21-16-14-19(15-17-21)27-24(29)18(2)33-26(31)23-13-9-8-12-22(23)25(30)28(3)20-10-6-5-7-11-20/h8-9,12-18,20H,4-7,10-11H2,1-3H3,(H,27,29). The molecule has 3 rings (SSSR count). The molecule has 0 aromatic heterocycles. The van der Waals surface area contributed by atoms with Gasteiger partial charge in [0, 0.05) is 18.8 Å². The Bertz CT molecular complexity index is 967. The third kappa shape index (κ3) is 6.34. The van der Waals surface area contributed by atoms with E-state index in [1.54, 1.807) is 60.5 Å². The van der Waals surface area contributed by atoms with Gasteiger partial charge in [0.05, 0.1) is 17.7 Å². The number of nitrogens with one attached hydrogen (secondary N) is 1. The van der Waals surface area contributed by atoms with Gasteiger partial charge in [0.15, 0.2) is 6.10 Å². The maximum absolute atomic E-state index is 13.1. The Morgan fingerprint density at radius 2 is 1.64 bits per heavy atom. The summed E-state index contributed by atoms with van der Waals surface area (Å²) in [6.07, 6.45) is 4.30. The van der Waals surface area contributed by atoms with Gasteiger partial charge in [0.1, 0.15) is 5.75 Å². The lowest BCUT2D eigenvalue weighted by atomic mass is 9.94. The minimum Gasteiger partial charge on any atom is -0.494 e. The maximum atomic E-state index is 13.1. The fourth-order valence-corrected chi connectivity index (χ4v) is 3.99. The molecule has 0 heterocycles. The number of carbonyl (C=O) groups is 3. The second-order valence-corrected chi connectivity index (χ2v) is 8.25. The molecule has 1 saturated carbocycles. The van der Waals surface area contributed by atoms with E-state index in [9.17, 15) is 14.4 Å². The van der Waals surface area contributed by atoms with Crippen molar-refractivity contribution in [3.63, 3.8) is 0 Å². The number of ether oxygens (including phenoxy) is 2. The molecule has 1 aliphatic rings. The highest BCUT2D eigenvalue weighted by Gasteiger charge is 2.27. The minimum absolute atomic E-state index is 0.158. The fraction of sp³-hybridized carbons (Fsp3) is 0.423. The Morgan fingerprint density at radius 1 is 1.00 bits per heavy atom. The molecule has 1 atom stereocenters. The molecule has 176 valence electrons. The Morgan fingerprint density at radius 3 is 2.27 bits per heavy atom. The van der Waals surface area contributed by atoms with Crippen LogP contribution in [-0.4, -0.2) is 48.5 Å². The number of hydrogen-bond donors (Lipinski definition) is 1. The first kappa shape index (κ1) is 24.3. The summed E-state index contributed by atoms with van der Waals surface area (Å²) in [5.74, 6) is -0.670. The molecule has 2 amide bonds. The molecule has 2 aromatic rings. The van der Waals surface area contributed by atoms with Gasteiger partial charge in [0.2, 0.25) is 0 Å². The molecule has 33 heavy (non-hydrogen) atoms. The van der Waals surface area contributed by atoms with Crippen LogP contribution in [0.1, 0.15) is 66.7 Å². The van der Waals surface area contributed by atoms with Gasteiger partial charge in [0.25, 0.3) is 11.8 Å². The smallest absolute Gasteiger partial charge is 0.339 e. The minimum atomic E-state index is -1.04. The van der Waals surface area contributed by atoms with Crippen molar-refractivity contribution >= 4 is 23.5 Å². The van der Waals surface area contributed by atoms with E-state index in [2.05, 4.69) is 5.32 Å². The summed E-state index contributed by atoms with van der Waals surface area (Å²) in [6.45, 7) is 3.95. The van der Waals surface area contributed by atoms with Crippen LogP contribution in [0.25, 0.3) is 0 Å². The first-order valence-corrected chi connectivity index (χ1v) is 11.5. The van der Waals surface area contributed by atoms with Gasteiger partial charge in [-0.05, 0) is 63.1 Å². The number of esters is 1. The third-order valence-electron chi connectivity index (χ3n) is 5.91. The van der Waals surface area contributed by atoms with Crippen LogP contribution < -0.4 is 10.1 Å². The zero-order chi connectivity index (χ0) is 23.8. The zero-order valence-electron chi connectivity index (χ0n) is 19.5. The van der Waals surface area contributed by atoms with Crippen molar-refractivity contribution < 1.29 is 23.9 Å². The summed E-state index contributed by atoms with van der Waals surface area (Å²) in [7, 11) is 1.79. The third-order valence-corrected chi connectivity index (χ3v) is 5.91. The fourth-order valence-electron chi connectivity index (χ4n) is 3.99. The molecule has 7 nitrogen and oxygen atoms in total. The molecular weight excluding hydrogens is 420 g/mol. The van der Waals surface area contributed by atoms with Crippen molar-refractivity contribution in [3.05, 3.63) is 59.7 Å². The quantitative estimate of drug-likeness (QED) is 0.588. The number of amides is 2. The van der Waals surface area contributed by atoms with Crippen LogP contribution in [0.5, 0.6) is 5.75 Å². The SMILES string of the molecule is CCOc1ccc(NC(=O)C(C)OC(=O)c2ccccc2C(=O)N(C)C2CCCCC2)cc1. The average molecular weight is 453 g/mol. The molecule has 0 bridgehead atoms. The number of anilines is 1. The van der Waals surface area contributed by atoms with Gasteiger partial charge < -0.3 is 19.7 Å². The molecule has 0 saturated heterocycles. The summed E-state index contributed by atoms with van der Waals surface area (Å²) < 4.78 is 10.8. The molecule has 1 N–H and O–H groups in total. The second-order valence-electron chi connectivity index (χ2n) is 8.25. The molecule has 0 aliphatic heterocycles. The van der Waals surface area contributed by atoms with Gasteiger partial charge in [-0.15, -0.1) is 0 Å². The average Bonchev–Trinajstić information content (AvgIpc) is 2.85. The predicted molar refractivity (Wildman–Crippen MR) is 127 cm³/mol. The van der Waals surface area contributed by atoms with E-state index in [1.807, 2.05) is 6.92 Å². The normalized spacial score (nSPS) is 14.8. The topological polar surface area (TPSA) is 84.9 Å². The van der Waals surface area contributed by atoms with E-state index in [0.29, 0.717) is 18.0 Å². The van der Waals surface area contributed by atoms with Gasteiger partial charge >= 0.3 is 5.97 Å². The Balaban J connectivity index is 1.64. The van der Waals surface area contributed by atoms with Gasteiger partial charge in [-0.3, -0.25) is 9.59 Å². The Hall–Kier alpha value is -3.35. The van der Waals surface area contributed by atoms with Crippen LogP contribution in [0.3, 0.4) is 0 Å². The highest BCUT2D eigenvalue weighted by molar-refractivity contribution is 6.06. The van der Waals surface area contributed by atoms with Crippen molar-refractivity contribution in [1.82, 2.24) is 4.90 Å². The molecule has 2 aromatic carbocycles. The van der Waals surface area contributed by atoms with Crippen LogP contribution in [0.2, 0.25) is 0 Å². The van der Waals surface area contributed by atoms with Crippen molar-refractivity contribution in [2.24, 2.45) is 0 Å². The van der Waals surface area contributed by atoms with E-state index < -0.39 is 18.0 Å². The number of hydrogen-bond acceptors (Lipinski definition) is 5. The number of nitrogens with zero attached hydrogens (tertiary/aromatic N) is 1. The first-order chi connectivity index (χ1) is 15.9. The number of rotatable bonds is 8. The summed E-state index contributed by atoms with van der Waals surface area (Å²) in [6, 6.07) is 13.7. The van der Waals surface area contributed by atoms with Gasteiger partial charge in [-0.1, -0.05) is 31.4 Å². The number of benzene rings is 2. The maximum Gasteiger partial charge on any atom is 0.339 e. The van der Waals surface area contributed by atoms with Crippen molar-refractivity contribution in [2.45, 2.75) is 58.1 Å². The summed E-state index contributed by atoms with van der Waals surface area (Å²) in [5, 5.41) is 2.72. The van der Waals surface area contributed by atoms with Crippen LogP contribution in [0.15, 0.2) is 48.5 Å². The second kappa shape index (κ2) is 11.5. The van der Waals surface area contributed by atoms with Crippen molar-refractivity contribution in [1.29, 1.82) is 0 Å². The van der Waals surface area contributed by atoms with E-state index in [0.717, 1.165) is 25.7 Å². The zero-order valence-corrected chi connectivity index (χ0v) is 19.5. The molecule has 7 heteroatoms. The van der Waals surface area contributed by atoms with Gasteiger partial charge in [-0.25, -0.2) is 4.79 Å². The van der Waals surface area contributed by atoms with Crippen LogP contribution >= 0.6 is 0 Å². The first-order valence-electron chi connectivity index (χ1n) is 11.5. The Labute approximate surface area is 195 Å². The van der Waals surface area contributed by atoms with Crippen molar-refractivity contribution in [2.75, 3.05) is 19.0 Å². The van der Waals surface area contributed by atoms with Crippen LogP contribution in [-0.2, 0) is 9.53 Å². The van der Waals surface area contributed by atoms with Crippen LogP contribution in [0, 0.1) is 0 Å². The molecular formula is C26H32N2O5. The highest BCUT2D eigenvalue weighted by Crippen LogP contribution is 2.24. The van der Waals surface area contributed by atoms with E-state index in [1.165, 1.54) is 13.3 Å². The molecule has 1 unspecified atom stereocenters. The largest absolute Gasteiger partial charge is 0.494 e. The molecule has 0 spiro atoms. The molecule has 0 radical (unpaired) electrons. The summed E-state index contributed by atoms with van der Waals surface area (Å²) >= 11 is 0. The lowest BCUT2D eigenvalue weighted by Gasteiger charge is -2.31. The predicted octanol–water partition coefficient (Wildman–Crippen LogP) is 4.67. The lowest BCUT2D eigenvalue weighted by Crippen LogP contribution is -2.39. The van der Waals surface area contributed by atoms with E-state index in [-0.39, 0.29) is 23.1 Å². The van der Waals surface area contributed by atoms with Gasteiger partial charge in [-0.2, -0.15) is 0 Å². The van der Waals surface area contributed by atoms with E-state index >= 15 is 0 Å². The molecule has 1 aliphatic carbocycles. The van der Waals surface area contributed by atoms with Crippen molar-refractivity contribution in [3.8, 4) is 5.75 Å². The monoisotopic (exact) mass is 452 g/mol. The summed E-state index contributed by atoms with van der Waals surface area (Å²) in [5.41, 5.74) is 1.01. The van der Waals surface area contributed by atoms with Crippen LogP contribution in [0.4, 0.5) is 5.69 Å². The summed E-state index contributed by atoms with van der Waals surface area (Å²) in [4.78, 5) is 40.3. The lowest BCUT2D eigenvalue weighted by molar-refractivity contribution is -0.123. The Kier molecular flexibility index (Phi) is 8.46.